The van der Waals surface area contributed by atoms with Crippen LogP contribution >= 0.6 is 24.0 Å². The number of pyridine rings is 1. The van der Waals surface area contributed by atoms with Gasteiger partial charge >= 0.3 is 5.97 Å². The van der Waals surface area contributed by atoms with Crippen LogP contribution in [0.1, 0.15) is 23.5 Å². The fourth-order valence-corrected chi connectivity index (χ4v) is 2.36. The minimum atomic E-state index is -0.864. The van der Waals surface area contributed by atoms with Crippen molar-refractivity contribution in [1.29, 1.82) is 0 Å². The molecule has 0 aliphatic heterocycles. The number of aromatic nitrogens is 1. The summed E-state index contributed by atoms with van der Waals surface area (Å²) in [6.45, 7) is 0.885. The number of halogens is 2. The van der Waals surface area contributed by atoms with Gasteiger partial charge in [0.15, 0.2) is 0 Å². The van der Waals surface area contributed by atoms with Crippen LogP contribution in [-0.4, -0.2) is 22.6 Å². The number of aliphatic carboxylic acids is 1. The molecule has 23 heavy (non-hydrogen) atoms. The number of nitrogens with zero attached hydrogens (tertiary/aromatic N) is 1. The molecule has 1 aromatic carbocycles. The van der Waals surface area contributed by atoms with E-state index in [1.807, 2.05) is 24.3 Å². The van der Waals surface area contributed by atoms with Crippen molar-refractivity contribution in [3.8, 4) is 0 Å². The number of carbonyl (C=O) groups is 1. The highest BCUT2D eigenvalue weighted by atomic mass is 35.5. The van der Waals surface area contributed by atoms with Gasteiger partial charge in [0.05, 0.1) is 17.1 Å². The second kappa shape index (κ2) is 9.35. The van der Waals surface area contributed by atoms with Crippen molar-refractivity contribution in [2.24, 2.45) is 5.73 Å². The first-order valence-electron chi connectivity index (χ1n) is 6.94. The fraction of sp³-hybridized carbons (Fsp3) is 0.250. The van der Waals surface area contributed by atoms with Crippen molar-refractivity contribution < 1.29 is 9.90 Å². The van der Waals surface area contributed by atoms with Crippen LogP contribution in [0.3, 0.4) is 0 Å². The number of benzene rings is 1. The molecule has 2 aromatic rings. The quantitative estimate of drug-likeness (QED) is 0.709. The van der Waals surface area contributed by atoms with Gasteiger partial charge in [0.25, 0.3) is 0 Å². The Morgan fingerprint density at radius 3 is 2.61 bits per heavy atom. The Morgan fingerprint density at radius 2 is 2.00 bits per heavy atom. The molecule has 1 aromatic heterocycles. The average Bonchev–Trinajstić information content (AvgIpc) is 2.53. The Balaban J connectivity index is 0.00000264. The third-order valence-corrected chi connectivity index (χ3v) is 3.73. The first-order chi connectivity index (χ1) is 10.6. The summed E-state index contributed by atoms with van der Waals surface area (Å²) in [4.78, 5) is 14.9. The highest BCUT2D eigenvalue weighted by molar-refractivity contribution is 6.33. The van der Waals surface area contributed by atoms with Gasteiger partial charge in [0.1, 0.15) is 0 Å². The van der Waals surface area contributed by atoms with Gasteiger partial charge in [-0.2, -0.15) is 0 Å². The van der Waals surface area contributed by atoms with Gasteiger partial charge in [-0.05, 0) is 41.9 Å². The van der Waals surface area contributed by atoms with Crippen molar-refractivity contribution in [3.05, 3.63) is 58.9 Å². The zero-order chi connectivity index (χ0) is 15.9. The molecule has 4 N–H and O–H groups in total. The molecule has 0 saturated heterocycles. The van der Waals surface area contributed by atoms with Gasteiger partial charge in [0, 0.05) is 24.9 Å². The highest BCUT2D eigenvalue weighted by Gasteiger charge is 2.15. The molecule has 5 nitrogen and oxygen atoms in total. The van der Waals surface area contributed by atoms with E-state index in [0.717, 1.165) is 16.8 Å². The summed E-state index contributed by atoms with van der Waals surface area (Å²) in [5.74, 6) is -1.09. The predicted octanol–water partition coefficient (Wildman–Crippen LogP) is 3.29. The van der Waals surface area contributed by atoms with Crippen LogP contribution in [0.4, 0.5) is 5.69 Å². The molecular formula is C16H19Cl2N3O2. The summed E-state index contributed by atoms with van der Waals surface area (Å²) in [6.07, 6.45) is 3.46. The number of rotatable bonds is 7. The zero-order valence-electron chi connectivity index (χ0n) is 12.4. The van der Waals surface area contributed by atoms with Crippen molar-refractivity contribution in [2.45, 2.75) is 18.9 Å². The zero-order valence-corrected chi connectivity index (χ0v) is 14.0. The van der Waals surface area contributed by atoms with Crippen LogP contribution in [-0.2, 0) is 11.3 Å². The predicted molar refractivity (Wildman–Crippen MR) is 94.3 cm³/mol. The van der Waals surface area contributed by atoms with E-state index in [-0.39, 0.29) is 31.3 Å². The monoisotopic (exact) mass is 355 g/mol. The van der Waals surface area contributed by atoms with Crippen molar-refractivity contribution >= 4 is 35.7 Å². The SMILES string of the molecule is Cl.NC[C@@H](CC(=O)O)c1ccc(Cl)c(NCc2ccncc2)c1. The third-order valence-electron chi connectivity index (χ3n) is 3.40. The molecule has 0 radical (unpaired) electrons. The molecule has 124 valence electrons. The third kappa shape index (κ3) is 5.71. The minimum Gasteiger partial charge on any atom is -0.481 e. The van der Waals surface area contributed by atoms with Gasteiger partial charge in [-0.25, -0.2) is 0 Å². The molecule has 0 unspecified atom stereocenters. The summed E-state index contributed by atoms with van der Waals surface area (Å²) in [5, 5.41) is 12.8. The lowest BCUT2D eigenvalue weighted by atomic mass is 9.95. The lowest BCUT2D eigenvalue weighted by molar-refractivity contribution is -0.137. The first-order valence-corrected chi connectivity index (χ1v) is 7.32. The van der Waals surface area contributed by atoms with E-state index in [9.17, 15) is 4.79 Å². The standard InChI is InChI=1S/C16H18ClN3O2.ClH/c17-14-2-1-12(13(9-18)8-16(21)22)7-15(14)20-10-11-3-5-19-6-4-11;/h1-7,13,20H,8-10,18H2,(H,21,22);1H/t13-;/m1./s1. The van der Waals surface area contributed by atoms with Crippen molar-refractivity contribution in [2.75, 3.05) is 11.9 Å². The molecule has 2 rings (SSSR count). The molecule has 0 bridgehead atoms. The number of nitrogens with two attached hydrogens (primary N) is 1. The van der Waals surface area contributed by atoms with E-state index >= 15 is 0 Å². The van der Waals surface area contributed by atoms with Crippen LogP contribution in [0.5, 0.6) is 0 Å². The maximum Gasteiger partial charge on any atom is 0.304 e. The molecule has 7 heteroatoms. The highest BCUT2D eigenvalue weighted by Crippen LogP contribution is 2.28. The van der Waals surface area contributed by atoms with Crippen LogP contribution in [0.25, 0.3) is 0 Å². The smallest absolute Gasteiger partial charge is 0.304 e. The van der Waals surface area contributed by atoms with Gasteiger partial charge in [-0.3, -0.25) is 9.78 Å². The van der Waals surface area contributed by atoms with E-state index in [1.54, 1.807) is 18.5 Å². The summed E-state index contributed by atoms with van der Waals surface area (Å²) >= 11 is 6.19. The second-order valence-corrected chi connectivity index (χ2v) is 5.39. The van der Waals surface area contributed by atoms with E-state index in [4.69, 9.17) is 22.4 Å². The van der Waals surface area contributed by atoms with Gasteiger partial charge < -0.3 is 16.2 Å². The van der Waals surface area contributed by atoms with Crippen molar-refractivity contribution in [3.63, 3.8) is 0 Å². The Hall–Kier alpha value is -1.82. The van der Waals surface area contributed by atoms with Crippen molar-refractivity contribution in [1.82, 2.24) is 4.98 Å². The Kier molecular flexibility index (Phi) is 7.81. The molecule has 1 heterocycles. The van der Waals surface area contributed by atoms with E-state index in [0.29, 0.717) is 11.6 Å². The largest absolute Gasteiger partial charge is 0.481 e. The molecule has 0 spiro atoms. The fourth-order valence-electron chi connectivity index (χ4n) is 2.18. The summed E-state index contributed by atoms with van der Waals surface area (Å²) in [5.41, 5.74) is 8.39. The maximum absolute atomic E-state index is 10.9. The van der Waals surface area contributed by atoms with Gasteiger partial charge in [-0.15, -0.1) is 12.4 Å². The van der Waals surface area contributed by atoms with E-state index in [1.165, 1.54) is 0 Å². The molecule has 0 amide bonds. The number of hydrogen-bond acceptors (Lipinski definition) is 4. The average molecular weight is 356 g/mol. The van der Waals surface area contributed by atoms with Crippen LogP contribution in [0.2, 0.25) is 5.02 Å². The number of hydrogen-bond donors (Lipinski definition) is 3. The lowest BCUT2D eigenvalue weighted by Gasteiger charge is -2.16. The Bertz CT molecular complexity index is 638. The Labute approximate surface area is 146 Å². The Morgan fingerprint density at radius 1 is 1.30 bits per heavy atom. The molecule has 0 saturated carbocycles. The second-order valence-electron chi connectivity index (χ2n) is 4.98. The molecule has 0 aliphatic carbocycles. The lowest BCUT2D eigenvalue weighted by Crippen LogP contribution is -2.16. The molecule has 0 fully saturated rings. The summed E-state index contributed by atoms with van der Waals surface area (Å²) in [6, 6.07) is 9.27. The number of nitrogens with one attached hydrogen (secondary N) is 1. The van der Waals surface area contributed by atoms with Crippen LogP contribution < -0.4 is 11.1 Å². The number of carboxylic acids is 1. The molecule has 1 atom stereocenters. The number of carboxylic acid groups (broad SMARTS) is 1. The van der Waals surface area contributed by atoms with Gasteiger partial charge in [-0.1, -0.05) is 17.7 Å². The maximum atomic E-state index is 10.9. The van der Waals surface area contributed by atoms with Crippen LogP contribution in [0.15, 0.2) is 42.7 Å². The summed E-state index contributed by atoms with van der Waals surface area (Å²) in [7, 11) is 0. The summed E-state index contributed by atoms with van der Waals surface area (Å²) < 4.78 is 0. The minimum absolute atomic E-state index is 0. The van der Waals surface area contributed by atoms with E-state index < -0.39 is 5.97 Å². The van der Waals surface area contributed by atoms with Gasteiger partial charge in [0.2, 0.25) is 0 Å². The molecular weight excluding hydrogens is 337 g/mol. The van der Waals surface area contributed by atoms with E-state index in [2.05, 4.69) is 10.3 Å². The first kappa shape index (κ1) is 19.2. The topological polar surface area (TPSA) is 88.2 Å². The van der Waals surface area contributed by atoms with Crippen LogP contribution in [0, 0.1) is 0 Å². The normalized spacial score (nSPS) is 11.4. The molecule has 0 aliphatic rings. The number of anilines is 1.